The Morgan fingerprint density at radius 3 is 2.93 bits per heavy atom. The third kappa shape index (κ3) is 3.40. The number of ether oxygens (including phenoxy) is 1. The number of anilines is 1. The summed E-state index contributed by atoms with van der Waals surface area (Å²) in [5, 5.41) is 2.41. The summed E-state index contributed by atoms with van der Waals surface area (Å²) < 4.78 is 18.1. The standard InChI is InChI=1S/C10H11ClFNO2/c1-15-7-2-3-8(12)9(6-7)13-10(14)4-5-11/h2-3,6H,4-5H2,1H3,(H,13,14). The Kier molecular flexibility index (Phi) is 4.37. The van der Waals surface area contributed by atoms with Crippen molar-refractivity contribution in [2.45, 2.75) is 6.42 Å². The summed E-state index contributed by atoms with van der Waals surface area (Å²) in [4.78, 5) is 11.2. The van der Waals surface area contributed by atoms with E-state index >= 15 is 0 Å². The van der Waals surface area contributed by atoms with Crippen LogP contribution < -0.4 is 10.1 Å². The van der Waals surface area contributed by atoms with Gasteiger partial charge in [-0.25, -0.2) is 4.39 Å². The number of alkyl halides is 1. The van der Waals surface area contributed by atoms with Crippen molar-refractivity contribution in [1.82, 2.24) is 0 Å². The smallest absolute Gasteiger partial charge is 0.225 e. The molecule has 5 heteroatoms. The van der Waals surface area contributed by atoms with Gasteiger partial charge in [-0.05, 0) is 12.1 Å². The van der Waals surface area contributed by atoms with Crippen molar-refractivity contribution >= 4 is 23.2 Å². The molecular formula is C10H11ClFNO2. The molecule has 0 aliphatic heterocycles. The van der Waals surface area contributed by atoms with Crippen LogP contribution in [0.3, 0.4) is 0 Å². The Hall–Kier alpha value is -1.29. The fourth-order valence-corrected chi connectivity index (χ4v) is 1.20. The third-order valence-electron chi connectivity index (χ3n) is 1.77. The molecule has 1 rings (SSSR count). The van der Waals surface area contributed by atoms with Gasteiger partial charge in [-0.15, -0.1) is 11.6 Å². The van der Waals surface area contributed by atoms with Crippen LogP contribution in [0.2, 0.25) is 0 Å². The van der Waals surface area contributed by atoms with E-state index in [2.05, 4.69) is 5.32 Å². The van der Waals surface area contributed by atoms with E-state index in [4.69, 9.17) is 16.3 Å². The highest BCUT2D eigenvalue weighted by Gasteiger charge is 2.07. The second-order valence-electron chi connectivity index (χ2n) is 2.83. The number of nitrogens with one attached hydrogen (secondary N) is 1. The first kappa shape index (κ1) is 11.8. The molecular weight excluding hydrogens is 221 g/mol. The van der Waals surface area contributed by atoms with Gasteiger partial charge >= 0.3 is 0 Å². The first-order valence-electron chi connectivity index (χ1n) is 4.36. The van der Waals surface area contributed by atoms with Gasteiger partial charge in [0.25, 0.3) is 0 Å². The van der Waals surface area contributed by atoms with E-state index in [1.807, 2.05) is 0 Å². The van der Waals surface area contributed by atoms with Crippen LogP contribution in [-0.2, 0) is 4.79 Å². The number of benzene rings is 1. The summed E-state index contributed by atoms with van der Waals surface area (Å²) in [6, 6.07) is 4.13. The van der Waals surface area contributed by atoms with Gasteiger partial charge in [0.15, 0.2) is 0 Å². The van der Waals surface area contributed by atoms with Crippen LogP contribution in [0.5, 0.6) is 5.75 Å². The van der Waals surface area contributed by atoms with Gasteiger partial charge in [-0.1, -0.05) is 0 Å². The number of methoxy groups -OCH3 is 1. The lowest BCUT2D eigenvalue weighted by molar-refractivity contribution is -0.115. The lowest BCUT2D eigenvalue weighted by Gasteiger charge is -2.07. The van der Waals surface area contributed by atoms with Crippen LogP contribution in [0.15, 0.2) is 18.2 Å². The minimum absolute atomic E-state index is 0.101. The molecule has 0 aliphatic carbocycles. The Morgan fingerprint density at radius 2 is 2.33 bits per heavy atom. The van der Waals surface area contributed by atoms with Gasteiger partial charge in [0.05, 0.1) is 12.8 Å². The van der Waals surface area contributed by atoms with Crippen molar-refractivity contribution in [3.63, 3.8) is 0 Å². The van der Waals surface area contributed by atoms with Gasteiger partial charge in [-0.2, -0.15) is 0 Å². The first-order chi connectivity index (χ1) is 7.17. The lowest BCUT2D eigenvalue weighted by atomic mass is 10.2. The predicted octanol–water partition coefficient (Wildman–Crippen LogP) is 2.40. The average molecular weight is 232 g/mol. The fraction of sp³-hybridized carbons (Fsp3) is 0.300. The summed E-state index contributed by atoms with van der Waals surface area (Å²) >= 11 is 5.38. The van der Waals surface area contributed by atoms with Crippen molar-refractivity contribution in [2.24, 2.45) is 0 Å². The molecule has 0 bridgehead atoms. The molecule has 0 fully saturated rings. The number of hydrogen-bond acceptors (Lipinski definition) is 2. The summed E-state index contributed by atoms with van der Waals surface area (Å²) in [5.41, 5.74) is 0.101. The van der Waals surface area contributed by atoms with Crippen molar-refractivity contribution in [1.29, 1.82) is 0 Å². The van der Waals surface area contributed by atoms with E-state index in [0.29, 0.717) is 5.75 Å². The molecule has 3 nitrogen and oxygen atoms in total. The number of carbonyl (C=O) groups is 1. The number of halogens is 2. The Bertz CT molecular complexity index is 357. The number of rotatable bonds is 4. The second kappa shape index (κ2) is 5.56. The molecule has 0 unspecified atom stereocenters. The Labute approximate surface area is 92.2 Å². The number of amides is 1. The van der Waals surface area contributed by atoms with Crippen LogP contribution in [0.4, 0.5) is 10.1 Å². The van der Waals surface area contributed by atoms with E-state index < -0.39 is 5.82 Å². The van der Waals surface area contributed by atoms with Gasteiger partial charge in [0.1, 0.15) is 11.6 Å². The maximum atomic E-state index is 13.2. The first-order valence-corrected chi connectivity index (χ1v) is 4.90. The Balaban J connectivity index is 2.79. The zero-order valence-electron chi connectivity index (χ0n) is 8.22. The Morgan fingerprint density at radius 1 is 1.60 bits per heavy atom. The highest BCUT2D eigenvalue weighted by atomic mass is 35.5. The second-order valence-corrected chi connectivity index (χ2v) is 3.21. The van der Waals surface area contributed by atoms with Crippen LogP contribution >= 0.6 is 11.6 Å². The molecule has 0 saturated carbocycles. The topological polar surface area (TPSA) is 38.3 Å². The minimum atomic E-state index is -0.501. The molecule has 1 amide bonds. The summed E-state index contributed by atoms with van der Waals surface area (Å²) in [6.45, 7) is 0. The van der Waals surface area contributed by atoms with Crippen LogP contribution in [0, 0.1) is 5.82 Å². The van der Waals surface area contributed by atoms with Crippen LogP contribution in [0.25, 0.3) is 0 Å². The monoisotopic (exact) mass is 231 g/mol. The van der Waals surface area contributed by atoms with Crippen LogP contribution in [0.1, 0.15) is 6.42 Å². The SMILES string of the molecule is COc1ccc(F)c(NC(=O)CCCl)c1. The molecule has 0 aliphatic rings. The average Bonchev–Trinajstić information content (AvgIpc) is 2.21. The van der Waals surface area contributed by atoms with E-state index in [9.17, 15) is 9.18 Å². The summed E-state index contributed by atoms with van der Waals surface area (Å²) in [7, 11) is 1.47. The molecule has 0 aromatic heterocycles. The molecule has 0 radical (unpaired) electrons. The molecule has 1 aromatic carbocycles. The van der Waals surface area contributed by atoms with E-state index in [1.54, 1.807) is 0 Å². The highest BCUT2D eigenvalue weighted by molar-refractivity contribution is 6.19. The molecule has 0 saturated heterocycles. The van der Waals surface area contributed by atoms with Crippen molar-refractivity contribution < 1.29 is 13.9 Å². The van der Waals surface area contributed by atoms with Gasteiger partial charge in [0.2, 0.25) is 5.91 Å². The van der Waals surface area contributed by atoms with Gasteiger partial charge in [-0.3, -0.25) is 4.79 Å². The lowest BCUT2D eigenvalue weighted by Crippen LogP contribution is -2.12. The summed E-state index contributed by atoms with van der Waals surface area (Å²) in [5.74, 6) is -0.134. The van der Waals surface area contributed by atoms with E-state index in [-0.39, 0.29) is 23.9 Å². The van der Waals surface area contributed by atoms with Crippen LogP contribution in [-0.4, -0.2) is 18.9 Å². The van der Waals surface area contributed by atoms with Crippen molar-refractivity contribution in [3.05, 3.63) is 24.0 Å². The molecule has 1 N–H and O–H groups in total. The molecule has 1 aromatic rings. The van der Waals surface area contributed by atoms with Crippen molar-refractivity contribution in [3.8, 4) is 5.75 Å². The maximum Gasteiger partial charge on any atom is 0.225 e. The normalized spacial score (nSPS) is 9.80. The molecule has 0 heterocycles. The van der Waals surface area contributed by atoms with E-state index in [0.717, 1.165) is 0 Å². The van der Waals surface area contributed by atoms with E-state index in [1.165, 1.54) is 25.3 Å². The highest BCUT2D eigenvalue weighted by Crippen LogP contribution is 2.21. The molecule has 82 valence electrons. The van der Waals surface area contributed by atoms with Gasteiger partial charge < -0.3 is 10.1 Å². The third-order valence-corrected chi connectivity index (χ3v) is 1.96. The zero-order chi connectivity index (χ0) is 11.3. The largest absolute Gasteiger partial charge is 0.497 e. The predicted molar refractivity (Wildman–Crippen MR) is 56.9 cm³/mol. The molecule has 15 heavy (non-hydrogen) atoms. The molecule has 0 spiro atoms. The van der Waals surface area contributed by atoms with Crippen molar-refractivity contribution in [2.75, 3.05) is 18.3 Å². The maximum absolute atomic E-state index is 13.2. The number of carbonyl (C=O) groups excluding carboxylic acids is 1. The minimum Gasteiger partial charge on any atom is -0.497 e. The fourth-order valence-electron chi connectivity index (χ4n) is 1.03. The summed E-state index contributed by atoms with van der Waals surface area (Å²) in [6.07, 6.45) is 0.151. The quantitative estimate of drug-likeness (QED) is 0.809. The van der Waals surface area contributed by atoms with Gasteiger partial charge in [0, 0.05) is 18.4 Å². The number of hydrogen-bond donors (Lipinski definition) is 1. The zero-order valence-corrected chi connectivity index (χ0v) is 8.97. The molecule has 0 atom stereocenters.